The average molecular weight is 357 g/mol. The number of carbonyl (C=O) groups is 2. The lowest BCUT2D eigenvalue weighted by molar-refractivity contribution is -0.136. The second kappa shape index (κ2) is 7.28. The van der Waals surface area contributed by atoms with Crippen molar-refractivity contribution >= 4 is 29.1 Å². The summed E-state index contributed by atoms with van der Waals surface area (Å²) in [5.74, 6) is -0.0139. The third-order valence-electron chi connectivity index (χ3n) is 4.23. The number of nitrogens with zero attached hydrogens (tertiary/aromatic N) is 1. The Morgan fingerprint density at radius 3 is 2.64 bits per heavy atom. The van der Waals surface area contributed by atoms with Crippen LogP contribution in [0, 0.1) is 5.92 Å². The molecule has 1 heterocycles. The lowest BCUT2D eigenvalue weighted by Crippen LogP contribution is -2.39. The van der Waals surface area contributed by atoms with Crippen molar-refractivity contribution in [2.45, 2.75) is 26.3 Å². The fourth-order valence-electron chi connectivity index (χ4n) is 3.17. The Balaban J connectivity index is 2.15. The van der Waals surface area contributed by atoms with E-state index in [-0.39, 0.29) is 30.3 Å². The second-order valence-corrected chi connectivity index (χ2v) is 7.15. The number of hydrogen-bond acceptors (Lipinski definition) is 2. The van der Waals surface area contributed by atoms with Gasteiger partial charge in [0.25, 0.3) is 0 Å². The van der Waals surface area contributed by atoms with E-state index < -0.39 is 0 Å². The van der Waals surface area contributed by atoms with Gasteiger partial charge in [-0.2, -0.15) is 0 Å². The van der Waals surface area contributed by atoms with Gasteiger partial charge in [-0.1, -0.05) is 55.8 Å². The number of benzene rings is 2. The molecule has 0 radical (unpaired) electrons. The lowest BCUT2D eigenvalue weighted by atomic mass is 9.95. The molecule has 0 aliphatic carbocycles. The average Bonchev–Trinajstić information content (AvgIpc) is 2.71. The fourth-order valence-corrected chi connectivity index (χ4v) is 3.35. The van der Waals surface area contributed by atoms with E-state index in [1.54, 1.807) is 17.0 Å². The van der Waals surface area contributed by atoms with Gasteiger partial charge in [-0.15, -0.1) is 0 Å². The number of carbonyl (C=O) groups excluding carboxylic acids is 2. The molecular formula is C20H21ClN2O2. The summed E-state index contributed by atoms with van der Waals surface area (Å²) >= 11 is 6.21. The molecule has 1 unspecified atom stereocenters. The molecule has 0 spiro atoms. The second-order valence-electron chi connectivity index (χ2n) is 6.71. The van der Waals surface area contributed by atoms with Crippen molar-refractivity contribution in [3.63, 3.8) is 0 Å². The molecule has 25 heavy (non-hydrogen) atoms. The van der Waals surface area contributed by atoms with Gasteiger partial charge >= 0.3 is 0 Å². The molecule has 0 aromatic heterocycles. The number of nitrogens with one attached hydrogen (secondary N) is 1. The molecule has 0 saturated carbocycles. The van der Waals surface area contributed by atoms with E-state index in [4.69, 9.17) is 11.6 Å². The minimum absolute atomic E-state index is 0.0252. The van der Waals surface area contributed by atoms with Gasteiger partial charge in [-0.05, 0) is 29.7 Å². The van der Waals surface area contributed by atoms with E-state index in [2.05, 4.69) is 5.32 Å². The SMILES string of the molecule is CC(C)CC(=O)N1CC(=O)Nc2ccc(Cl)cc2C1c1ccccc1. The van der Waals surface area contributed by atoms with E-state index >= 15 is 0 Å². The summed E-state index contributed by atoms with van der Waals surface area (Å²) in [6, 6.07) is 14.8. The number of anilines is 1. The van der Waals surface area contributed by atoms with Crippen molar-refractivity contribution in [2.75, 3.05) is 11.9 Å². The van der Waals surface area contributed by atoms with E-state index in [1.807, 2.05) is 50.2 Å². The Bertz CT molecular complexity index is 790. The Labute approximate surface area is 152 Å². The highest BCUT2D eigenvalue weighted by atomic mass is 35.5. The standard InChI is InChI=1S/C20H21ClN2O2/c1-13(2)10-19(25)23-12-18(24)22-17-9-8-15(21)11-16(17)20(23)14-6-4-3-5-7-14/h3-9,11,13,20H,10,12H2,1-2H3,(H,22,24). The maximum atomic E-state index is 12.9. The van der Waals surface area contributed by atoms with Gasteiger partial charge < -0.3 is 10.2 Å². The van der Waals surface area contributed by atoms with Crippen molar-refractivity contribution in [2.24, 2.45) is 5.92 Å². The summed E-state index contributed by atoms with van der Waals surface area (Å²) in [4.78, 5) is 26.9. The van der Waals surface area contributed by atoms with Crippen LogP contribution >= 0.6 is 11.6 Å². The van der Waals surface area contributed by atoms with Crippen LogP contribution in [0.15, 0.2) is 48.5 Å². The lowest BCUT2D eigenvalue weighted by Gasteiger charge is -2.31. The van der Waals surface area contributed by atoms with Crippen LogP contribution in [0.25, 0.3) is 0 Å². The van der Waals surface area contributed by atoms with Gasteiger partial charge in [-0.25, -0.2) is 0 Å². The Kier molecular flexibility index (Phi) is 5.09. The molecule has 1 atom stereocenters. The summed E-state index contributed by atoms with van der Waals surface area (Å²) < 4.78 is 0. The zero-order chi connectivity index (χ0) is 18.0. The number of halogens is 1. The molecule has 1 aliphatic rings. The first-order valence-corrected chi connectivity index (χ1v) is 8.77. The van der Waals surface area contributed by atoms with Crippen LogP contribution in [-0.4, -0.2) is 23.3 Å². The molecule has 5 heteroatoms. The minimum atomic E-state index is -0.347. The molecule has 3 rings (SSSR count). The minimum Gasteiger partial charge on any atom is -0.324 e. The van der Waals surface area contributed by atoms with Gasteiger partial charge in [-0.3, -0.25) is 9.59 Å². The summed E-state index contributed by atoms with van der Waals surface area (Å²) in [6.07, 6.45) is 0.395. The van der Waals surface area contributed by atoms with Crippen molar-refractivity contribution in [3.05, 3.63) is 64.7 Å². The normalized spacial score (nSPS) is 17.0. The third-order valence-corrected chi connectivity index (χ3v) is 4.46. The van der Waals surface area contributed by atoms with E-state index in [0.717, 1.165) is 11.1 Å². The van der Waals surface area contributed by atoms with Crippen molar-refractivity contribution in [3.8, 4) is 0 Å². The number of amides is 2. The molecule has 1 N–H and O–H groups in total. The molecular weight excluding hydrogens is 336 g/mol. The van der Waals surface area contributed by atoms with E-state index in [9.17, 15) is 9.59 Å². The van der Waals surface area contributed by atoms with Crippen LogP contribution in [0.4, 0.5) is 5.69 Å². The summed E-state index contributed by atoms with van der Waals surface area (Å²) in [5.41, 5.74) is 2.49. The van der Waals surface area contributed by atoms with Crippen LogP contribution in [0.3, 0.4) is 0 Å². The van der Waals surface area contributed by atoms with E-state index in [1.165, 1.54) is 0 Å². The first-order valence-electron chi connectivity index (χ1n) is 8.39. The molecule has 2 amide bonds. The van der Waals surface area contributed by atoms with Gasteiger partial charge in [0.05, 0.1) is 6.04 Å². The van der Waals surface area contributed by atoms with Gasteiger partial charge in [0, 0.05) is 22.7 Å². The monoisotopic (exact) mass is 356 g/mol. The van der Waals surface area contributed by atoms with Crippen molar-refractivity contribution < 1.29 is 9.59 Å². The molecule has 1 aliphatic heterocycles. The number of rotatable bonds is 3. The summed E-state index contributed by atoms with van der Waals surface area (Å²) in [5, 5.41) is 3.47. The first-order chi connectivity index (χ1) is 12.0. The van der Waals surface area contributed by atoms with Crippen LogP contribution in [0.5, 0.6) is 0 Å². The Morgan fingerprint density at radius 1 is 1.24 bits per heavy atom. The van der Waals surface area contributed by atoms with Crippen molar-refractivity contribution in [1.82, 2.24) is 4.90 Å². The fraction of sp³-hybridized carbons (Fsp3) is 0.300. The summed E-state index contributed by atoms with van der Waals surface area (Å²) in [7, 11) is 0. The predicted octanol–water partition coefficient (Wildman–Crippen LogP) is 4.26. The molecule has 2 aromatic rings. The maximum absolute atomic E-state index is 12.9. The molecule has 2 aromatic carbocycles. The smallest absolute Gasteiger partial charge is 0.244 e. The van der Waals surface area contributed by atoms with Gasteiger partial charge in [0.2, 0.25) is 11.8 Å². The van der Waals surface area contributed by atoms with Crippen LogP contribution in [0.1, 0.15) is 37.4 Å². The molecule has 130 valence electrons. The molecule has 0 saturated heterocycles. The van der Waals surface area contributed by atoms with Crippen LogP contribution in [-0.2, 0) is 9.59 Å². The highest BCUT2D eigenvalue weighted by Crippen LogP contribution is 2.37. The quantitative estimate of drug-likeness (QED) is 0.893. The van der Waals surface area contributed by atoms with Gasteiger partial charge in [0.15, 0.2) is 0 Å². The van der Waals surface area contributed by atoms with Gasteiger partial charge in [0.1, 0.15) is 6.54 Å². The highest BCUT2D eigenvalue weighted by molar-refractivity contribution is 6.30. The van der Waals surface area contributed by atoms with E-state index in [0.29, 0.717) is 17.1 Å². The maximum Gasteiger partial charge on any atom is 0.244 e. The van der Waals surface area contributed by atoms with Crippen LogP contribution < -0.4 is 5.32 Å². The molecule has 0 fully saturated rings. The highest BCUT2D eigenvalue weighted by Gasteiger charge is 2.33. The topological polar surface area (TPSA) is 49.4 Å². The number of fused-ring (bicyclic) bond motifs is 1. The number of hydrogen-bond donors (Lipinski definition) is 1. The predicted molar refractivity (Wildman–Crippen MR) is 99.5 cm³/mol. The largest absolute Gasteiger partial charge is 0.324 e. The molecule has 0 bridgehead atoms. The zero-order valence-corrected chi connectivity index (χ0v) is 15.1. The molecule has 4 nitrogen and oxygen atoms in total. The zero-order valence-electron chi connectivity index (χ0n) is 14.3. The van der Waals surface area contributed by atoms with Crippen LogP contribution in [0.2, 0.25) is 5.02 Å². The first kappa shape index (κ1) is 17.5. The third kappa shape index (κ3) is 3.85. The van der Waals surface area contributed by atoms with Crippen molar-refractivity contribution in [1.29, 1.82) is 0 Å². The Hall–Kier alpha value is -2.33. The summed E-state index contributed by atoms with van der Waals surface area (Å²) in [6.45, 7) is 4.02. The Morgan fingerprint density at radius 2 is 1.96 bits per heavy atom.